The van der Waals surface area contributed by atoms with Gasteiger partial charge in [-0.15, -0.1) is 0 Å². The number of aliphatic hydroxyl groups excluding tert-OH is 1. The fourth-order valence-electron chi connectivity index (χ4n) is 1.83. The van der Waals surface area contributed by atoms with E-state index in [0.717, 1.165) is 0 Å². The topological polar surface area (TPSA) is 104 Å². The number of hydrogen-bond donors (Lipinski definition) is 3. The van der Waals surface area contributed by atoms with Crippen LogP contribution in [-0.2, 0) is 0 Å². The Balaban J connectivity index is 2.29. The van der Waals surface area contributed by atoms with Gasteiger partial charge in [-0.05, 0) is 26.3 Å². The van der Waals surface area contributed by atoms with Crippen LogP contribution < -0.4 is 5.32 Å². The maximum Gasteiger partial charge on any atom is 0.271 e. The lowest BCUT2D eigenvalue weighted by Crippen LogP contribution is -2.32. The van der Waals surface area contributed by atoms with Gasteiger partial charge in [0.05, 0.1) is 16.0 Å². The highest BCUT2D eigenvalue weighted by atomic mass is 16.6. The second-order valence-corrected chi connectivity index (χ2v) is 5.03. The van der Waals surface area contributed by atoms with Crippen LogP contribution >= 0.6 is 0 Å². The van der Waals surface area contributed by atoms with Crippen LogP contribution in [-0.4, -0.2) is 32.1 Å². The molecule has 1 heterocycles. The van der Waals surface area contributed by atoms with E-state index >= 15 is 0 Å². The summed E-state index contributed by atoms with van der Waals surface area (Å²) in [5.41, 5.74) is 0.982. The van der Waals surface area contributed by atoms with Crippen LogP contribution in [0.3, 0.4) is 0 Å². The number of nitro groups is 1. The van der Waals surface area contributed by atoms with Crippen molar-refractivity contribution in [2.45, 2.75) is 25.8 Å². The van der Waals surface area contributed by atoms with Crippen LogP contribution in [0.1, 0.15) is 20.3 Å². The van der Waals surface area contributed by atoms with Crippen molar-refractivity contribution in [1.29, 1.82) is 0 Å². The lowest BCUT2D eigenvalue weighted by atomic mass is 10.0. The van der Waals surface area contributed by atoms with Crippen molar-refractivity contribution in [2.24, 2.45) is 0 Å². The predicted molar refractivity (Wildman–Crippen MR) is 72.2 cm³/mol. The number of nitro benzene ring substituents is 1. The van der Waals surface area contributed by atoms with E-state index in [1.807, 2.05) is 13.8 Å². The number of aliphatic hydroxyl groups is 1. The van der Waals surface area contributed by atoms with E-state index in [-0.39, 0.29) is 17.8 Å². The molecule has 0 atom stereocenters. The van der Waals surface area contributed by atoms with Gasteiger partial charge in [0.15, 0.2) is 0 Å². The number of fused-ring (bicyclic) bond motifs is 1. The highest BCUT2D eigenvalue weighted by Crippen LogP contribution is 2.22. The molecule has 0 unspecified atom stereocenters. The maximum atomic E-state index is 10.7. The Morgan fingerprint density at radius 2 is 2.26 bits per heavy atom. The van der Waals surface area contributed by atoms with E-state index in [1.165, 1.54) is 12.1 Å². The average Bonchev–Trinajstić information content (AvgIpc) is 2.68. The van der Waals surface area contributed by atoms with Gasteiger partial charge in [-0.25, -0.2) is 4.98 Å². The van der Waals surface area contributed by atoms with E-state index < -0.39 is 4.92 Å². The Labute approximate surface area is 109 Å². The van der Waals surface area contributed by atoms with Crippen LogP contribution in [0.2, 0.25) is 0 Å². The molecule has 7 nitrogen and oxygen atoms in total. The van der Waals surface area contributed by atoms with Crippen molar-refractivity contribution in [1.82, 2.24) is 9.97 Å². The van der Waals surface area contributed by atoms with Crippen LogP contribution in [0.25, 0.3) is 11.0 Å². The number of non-ortho nitro benzene ring substituents is 1. The molecule has 1 aromatic heterocycles. The zero-order valence-electron chi connectivity index (χ0n) is 10.8. The first-order valence-electron chi connectivity index (χ1n) is 5.94. The number of aromatic nitrogens is 2. The molecule has 0 aliphatic rings. The fraction of sp³-hybridized carbons (Fsp3) is 0.417. The van der Waals surface area contributed by atoms with Gasteiger partial charge in [0.2, 0.25) is 5.95 Å². The third kappa shape index (κ3) is 3.00. The second kappa shape index (κ2) is 4.85. The van der Waals surface area contributed by atoms with Gasteiger partial charge in [0, 0.05) is 24.3 Å². The molecule has 3 N–H and O–H groups in total. The van der Waals surface area contributed by atoms with E-state index in [9.17, 15) is 10.1 Å². The van der Waals surface area contributed by atoms with Crippen molar-refractivity contribution in [3.05, 3.63) is 28.3 Å². The van der Waals surface area contributed by atoms with Gasteiger partial charge in [0.1, 0.15) is 0 Å². The molecule has 7 heteroatoms. The largest absolute Gasteiger partial charge is 0.396 e. The van der Waals surface area contributed by atoms with Gasteiger partial charge in [-0.3, -0.25) is 10.1 Å². The Morgan fingerprint density at radius 3 is 2.89 bits per heavy atom. The van der Waals surface area contributed by atoms with Gasteiger partial charge in [0.25, 0.3) is 5.69 Å². The molecule has 1 aromatic carbocycles. The summed E-state index contributed by atoms with van der Waals surface area (Å²) >= 11 is 0. The molecule has 0 saturated heterocycles. The quantitative estimate of drug-likeness (QED) is 0.566. The van der Waals surface area contributed by atoms with Crippen LogP contribution in [0, 0.1) is 10.1 Å². The lowest BCUT2D eigenvalue weighted by Gasteiger charge is -2.24. The minimum absolute atomic E-state index is 0.0253. The number of nitrogens with one attached hydrogen (secondary N) is 2. The first-order valence-corrected chi connectivity index (χ1v) is 5.94. The Hall–Kier alpha value is -2.15. The highest BCUT2D eigenvalue weighted by molar-refractivity contribution is 5.80. The standard InChI is InChI=1S/C12H16N4O3/c1-12(2,5-6-17)15-11-13-9-4-3-8(16(18)19)7-10(9)14-11/h3-4,7,17H,5-6H2,1-2H3,(H2,13,14,15). The summed E-state index contributed by atoms with van der Waals surface area (Å²) in [7, 11) is 0. The van der Waals surface area contributed by atoms with E-state index in [2.05, 4.69) is 15.3 Å². The number of rotatable bonds is 5. The molecule has 2 aromatic rings. The summed E-state index contributed by atoms with van der Waals surface area (Å²) in [6.45, 7) is 3.96. The van der Waals surface area contributed by atoms with Crippen molar-refractivity contribution < 1.29 is 10.0 Å². The first-order chi connectivity index (χ1) is 8.91. The summed E-state index contributed by atoms with van der Waals surface area (Å²) in [6.07, 6.45) is 0.574. The van der Waals surface area contributed by atoms with Crippen LogP contribution in [0.15, 0.2) is 18.2 Å². The molecule has 0 radical (unpaired) electrons. The Bertz CT molecular complexity index is 606. The molecule has 0 fully saturated rings. The Morgan fingerprint density at radius 1 is 1.53 bits per heavy atom. The normalized spacial score (nSPS) is 11.7. The van der Waals surface area contributed by atoms with Crippen LogP contribution in [0.4, 0.5) is 11.6 Å². The van der Waals surface area contributed by atoms with Crippen LogP contribution in [0.5, 0.6) is 0 Å². The highest BCUT2D eigenvalue weighted by Gasteiger charge is 2.18. The molecule has 0 spiro atoms. The van der Waals surface area contributed by atoms with Gasteiger partial charge in [-0.2, -0.15) is 0 Å². The minimum atomic E-state index is -0.441. The number of imidazole rings is 1. The summed E-state index contributed by atoms with van der Waals surface area (Å²) in [5.74, 6) is 0.536. The van der Waals surface area contributed by atoms with Crippen molar-refractivity contribution >= 4 is 22.7 Å². The van der Waals surface area contributed by atoms with Crippen molar-refractivity contribution in [3.63, 3.8) is 0 Å². The van der Waals surface area contributed by atoms with E-state index in [1.54, 1.807) is 6.07 Å². The average molecular weight is 264 g/mol. The molecular weight excluding hydrogens is 248 g/mol. The third-order valence-corrected chi connectivity index (χ3v) is 2.87. The summed E-state index contributed by atoms with van der Waals surface area (Å²) in [4.78, 5) is 17.6. The maximum absolute atomic E-state index is 10.7. The number of aromatic amines is 1. The van der Waals surface area contributed by atoms with E-state index in [0.29, 0.717) is 23.4 Å². The SMILES string of the molecule is CC(C)(CCO)Nc1nc2ccc([N+](=O)[O-])cc2[nH]1. The number of benzene rings is 1. The molecule has 0 aliphatic heterocycles. The van der Waals surface area contributed by atoms with Crippen molar-refractivity contribution in [2.75, 3.05) is 11.9 Å². The summed E-state index contributed by atoms with van der Waals surface area (Å²) in [5, 5.41) is 22.8. The number of H-pyrrole nitrogens is 1. The van der Waals surface area contributed by atoms with E-state index in [4.69, 9.17) is 5.11 Å². The summed E-state index contributed by atoms with van der Waals surface area (Å²) < 4.78 is 0. The number of hydrogen-bond acceptors (Lipinski definition) is 5. The fourth-order valence-corrected chi connectivity index (χ4v) is 1.83. The molecule has 102 valence electrons. The number of anilines is 1. The molecule has 2 rings (SSSR count). The predicted octanol–water partition coefficient (Wildman–Crippen LogP) is 2.04. The molecule has 0 amide bonds. The monoisotopic (exact) mass is 264 g/mol. The smallest absolute Gasteiger partial charge is 0.271 e. The summed E-state index contributed by atoms with van der Waals surface area (Å²) in [6, 6.07) is 4.48. The van der Waals surface area contributed by atoms with Gasteiger partial charge in [-0.1, -0.05) is 0 Å². The zero-order valence-corrected chi connectivity index (χ0v) is 10.8. The van der Waals surface area contributed by atoms with Crippen molar-refractivity contribution in [3.8, 4) is 0 Å². The molecule has 0 bridgehead atoms. The number of nitrogens with zero attached hydrogens (tertiary/aromatic N) is 2. The van der Waals surface area contributed by atoms with Gasteiger partial charge < -0.3 is 15.4 Å². The third-order valence-electron chi connectivity index (χ3n) is 2.87. The molecule has 0 aliphatic carbocycles. The minimum Gasteiger partial charge on any atom is -0.396 e. The first kappa shape index (κ1) is 13.3. The molecular formula is C12H16N4O3. The van der Waals surface area contributed by atoms with Gasteiger partial charge >= 0.3 is 0 Å². The zero-order chi connectivity index (χ0) is 14.0. The second-order valence-electron chi connectivity index (χ2n) is 5.03. The Kier molecular flexibility index (Phi) is 3.39. The lowest BCUT2D eigenvalue weighted by molar-refractivity contribution is -0.384. The molecule has 19 heavy (non-hydrogen) atoms. The molecule has 0 saturated carbocycles.